The number of alkyl halides is 3. The van der Waals surface area contributed by atoms with Gasteiger partial charge >= 0.3 is 12.1 Å². The third-order valence-electron chi connectivity index (χ3n) is 4.66. The molecule has 34 heavy (non-hydrogen) atoms. The van der Waals surface area contributed by atoms with Gasteiger partial charge in [0, 0.05) is 9.64 Å². The van der Waals surface area contributed by atoms with E-state index in [1.165, 1.54) is 43.5 Å². The van der Waals surface area contributed by atoms with Crippen LogP contribution in [0.3, 0.4) is 0 Å². The molecule has 0 fully saturated rings. The largest absolute Gasteiger partial charge is 0.497 e. The molecule has 4 rings (SSSR count). The zero-order chi connectivity index (χ0) is 24.5. The second-order valence-corrected chi connectivity index (χ2v) is 8.05. The maximum Gasteiger partial charge on any atom is 0.453 e. The maximum atomic E-state index is 13.7. The molecular formula is C24H14F3IO6. The van der Waals surface area contributed by atoms with Gasteiger partial charge in [0.2, 0.25) is 11.2 Å². The number of carbonyl (C=O) groups is 1. The van der Waals surface area contributed by atoms with Crippen LogP contribution >= 0.6 is 22.6 Å². The Labute approximate surface area is 204 Å². The Kier molecular flexibility index (Phi) is 6.51. The lowest BCUT2D eigenvalue weighted by atomic mass is 10.2. The van der Waals surface area contributed by atoms with Gasteiger partial charge in [0.1, 0.15) is 22.8 Å². The minimum Gasteiger partial charge on any atom is -0.497 e. The van der Waals surface area contributed by atoms with E-state index in [2.05, 4.69) is 0 Å². The summed E-state index contributed by atoms with van der Waals surface area (Å²) in [5.41, 5.74) is -1.16. The van der Waals surface area contributed by atoms with E-state index in [0.29, 0.717) is 9.32 Å². The SMILES string of the molecule is COc1ccc(Oc2c(C(F)(F)F)oc3cc(OC(=O)c4ccccc4I)ccc3c2=O)cc1. The highest BCUT2D eigenvalue weighted by Gasteiger charge is 2.40. The molecule has 1 heterocycles. The van der Waals surface area contributed by atoms with Crippen molar-refractivity contribution in [1.82, 2.24) is 0 Å². The summed E-state index contributed by atoms with van der Waals surface area (Å²) in [6, 6.07) is 15.9. The molecule has 6 nitrogen and oxygen atoms in total. The Morgan fingerprint density at radius 1 is 0.941 bits per heavy atom. The van der Waals surface area contributed by atoms with Crippen molar-refractivity contribution in [2.24, 2.45) is 0 Å². The highest BCUT2D eigenvalue weighted by atomic mass is 127. The van der Waals surface area contributed by atoms with Gasteiger partial charge in [-0.3, -0.25) is 4.79 Å². The van der Waals surface area contributed by atoms with Crippen LogP contribution < -0.4 is 19.6 Å². The number of hydrogen-bond acceptors (Lipinski definition) is 6. The second-order valence-electron chi connectivity index (χ2n) is 6.89. The fourth-order valence-corrected chi connectivity index (χ4v) is 3.66. The lowest BCUT2D eigenvalue weighted by Crippen LogP contribution is -2.15. The normalized spacial score (nSPS) is 11.3. The molecule has 0 saturated heterocycles. The quantitative estimate of drug-likeness (QED) is 0.153. The zero-order valence-corrected chi connectivity index (χ0v) is 19.5. The van der Waals surface area contributed by atoms with Crippen molar-refractivity contribution in [3.8, 4) is 23.0 Å². The van der Waals surface area contributed by atoms with E-state index in [-0.39, 0.29) is 22.4 Å². The lowest BCUT2D eigenvalue weighted by molar-refractivity contribution is -0.154. The molecule has 3 aromatic carbocycles. The number of halogens is 4. The Hall–Kier alpha value is -3.54. The second kappa shape index (κ2) is 9.37. The summed E-state index contributed by atoms with van der Waals surface area (Å²) in [5.74, 6) is -2.96. The van der Waals surface area contributed by atoms with Crippen molar-refractivity contribution in [3.05, 3.63) is 91.8 Å². The van der Waals surface area contributed by atoms with Gasteiger partial charge < -0.3 is 18.6 Å². The average molecular weight is 582 g/mol. The molecule has 0 saturated carbocycles. The number of carbonyl (C=O) groups excluding carboxylic acids is 1. The molecule has 0 spiro atoms. The smallest absolute Gasteiger partial charge is 0.453 e. The van der Waals surface area contributed by atoms with Crippen LogP contribution in [0.5, 0.6) is 23.0 Å². The molecule has 0 aliphatic carbocycles. The molecule has 174 valence electrons. The average Bonchev–Trinajstić information content (AvgIpc) is 2.80. The topological polar surface area (TPSA) is 75.0 Å². The fraction of sp³-hybridized carbons (Fsp3) is 0.0833. The Morgan fingerprint density at radius 3 is 2.24 bits per heavy atom. The first kappa shape index (κ1) is 23.6. The molecule has 0 aliphatic heterocycles. The van der Waals surface area contributed by atoms with Gasteiger partial charge in [0.05, 0.1) is 18.1 Å². The van der Waals surface area contributed by atoms with E-state index in [0.717, 1.165) is 6.07 Å². The molecule has 0 amide bonds. The monoisotopic (exact) mass is 582 g/mol. The number of ether oxygens (including phenoxy) is 3. The van der Waals surface area contributed by atoms with Crippen LogP contribution in [0.4, 0.5) is 13.2 Å². The standard InChI is InChI=1S/C24H14F3IO6/c1-31-13-6-8-14(9-7-13)32-21-20(29)17-11-10-15(12-19(17)34-22(21)24(25,26)27)33-23(30)16-4-2-3-5-18(16)28/h2-12H,1H3. The Balaban J connectivity index is 1.74. The van der Waals surface area contributed by atoms with Crippen molar-refractivity contribution < 1.29 is 36.6 Å². The van der Waals surface area contributed by atoms with E-state index in [1.807, 2.05) is 22.6 Å². The predicted molar refractivity (Wildman–Crippen MR) is 125 cm³/mol. The van der Waals surface area contributed by atoms with Crippen LogP contribution in [-0.2, 0) is 6.18 Å². The third kappa shape index (κ3) is 4.86. The highest BCUT2D eigenvalue weighted by Crippen LogP contribution is 2.39. The van der Waals surface area contributed by atoms with Gasteiger partial charge in [-0.05, 0) is 71.1 Å². The summed E-state index contributed by atoms with van der Waals surface area (Å²) in [6.45, 7) is 0. The van der Waals surface area contributed by atoms with Crippen LogP contribution in [0, 0.1) is 3.57 Å². The maximum absolute atomic E-state index is 13.7. The van der Waals surface area contributed by atoms with Crippen molar-refractivity contribution in [2.45, 2.75) is 6.18 Å². The summed E-state index contributed by atoms with van der Waals surface area (Å²) in [6.07, 6.45) is -5.03. The summed E-state index contributed by atoms with van der Waals surface area (Å²) in [7, 11) is 1.43. The number of benzene rings is 3. The molecule has 0 atom stereocenters. The number of fused-ring (bicyclic) bond motifs is 1. The van der Waals surface area contributed by atoms with Crippen LogP contribution in [0.15, 0.2) is 75.9 Å². The first-order valence-corrected chi connectivity index (χ1v) is 10.7. The molecule has 10 heteroatoms. The number of rotatable bonds is 5. The van der Waals surface area contributed by atoms with Crippen LogP contribution in [0.25, 0.3) is 11.0 Å². The summed E-state index contributed by atoms with van der Waals surface area (Å²) in [5, 5.41) is -0.175. The Bertz CT molecular complexity index is 1430. The van der Waals surface area contributed by atoms with E-state index >= 15 is 0 Å². The van der Waals surface area contributed by atoms with Crippen molar-refractivity contribution >= 4 is 39.5 Å². The first-order chi connectivity index (χ1) is 16.2. The molecule has 1 aromatic heterocycles. The van der Waals surface area contributed by atoms with Gasteiger partial charge in [0.25, 0.3) is 5.76 Å². The fourth-order valence-electron chi connectivity index (χ4n) is 3.05. The molecule has 0 unspecified atom stereocenters. The van der Waals surface area contributed by atoms with Gasteiger partial charge in [-0.2, -0.15) is 13.2 Å². The van der Waals surface area contributed by atoms with Gasteiger partial charge in [0.15, 0.2) is 0 Å². The lowest BCUT2D eigenvalue weighted by Gasteiger charge is -2.14. The summed E-state index contributed by atoms with van der Waals surface area (Å²) in [4.78, 5) is 25.3. The van der Waals surface area contributed by atoms with Crippen LogP contribution in [0.1, 0.15) is 16.1 Å². The minimum absolute atomic E-state index is 0.0130. The molecule has 0 N–H and O–H groups in total. The number of methoxy groups -OCH3 is 1. The van der Waals surface area contributed by atoms with Gasteiger partial charge in [-0.15, -0.1) is 0 Å². The first-order valence-electron chi connectivity index (χ1n) is 9.64. The number of hydrogen-bond donors (Lipinski definition) is 0. The van der Waals surface area contributed by atoms with E-state index in [4.69, 9.17) is 18.6 Å². The van der Waals surface area contributed by atoms with Gasteiger partial charge in [-0.25, -0.2) is 4.79 Å². The van der Waals surface area contributed by atoms with Crippen molar-refractivity contribution in [1.29, 1.82) is 0 Å². The Morgan fingerprint density at radius 2 is 1.59 bits per heavy atom. The zero-order valence-electron chi connectivity index (χ0n) is 17.3. The minimum atomic E-state index is -5.03. The summed E-state index contributed by atoms with van der Waals surface area (Å²) >= 11 is 1.96. The molecule has 0 bridgehead atoms. The van der Waals surface area contributed by atoms with Crippen LogP contribution in [0.2, 0.25) is 0 Å². The highest BCUT2D eigenvalue weighted by molar-refractivity contribution is 14.1. The third-order valence-corrected chi connectivity index (χ3v) is 5.60. The summed E-state index contributed by atoms with van der Waals surface area (Å²) < 4.78 is 62.4. The van der Waals surface area contributed by atoms with E-state index in [9.17, 15) is 22.8 Å². The van der Waals surface area contributed by atoms with Gasteiger partial charge in [-0.1, -0.05) is 12.1 Å². The predicted octanol–water partition coefficient (Wildman–Crippen LogP) is 6.44. The molecular weight excluding hydrogens is 568 g/mol. The van der Waals surface area contributed by atoms with Crippen LogP contribution in [-0.4, -0.2) is 13.1 Å². The van der Waals surface area contributed by atoms with Crippen molar-refractivity contribution in [3.63, 3.8) is 0 Å². The molecule has 4 aromatic rings. The molecule has 0 aliphatic rings. The molecule has 0 radical (unpaired) electrons. The van der Waals surface area contributed by atoms with E-state index in [1.54, 1.807) is 24.3 Å². The van der Waals surface area contributed by atoms with Crippen molar-refractivity contribution in [2.75, 3.05) is 7.11 Å². The van der Waals surface area contributed by atoms with E-state index < -0.39 is 34.7 Å². The number of esters is 1.